The van der Waals surface area contributed by atoms with E-state index in [1.165, 1.54) is 19.4 Å². The van der Waals surface area contributed by atoms with Crippen LogP contribution >= 0.6 is 0 Å². The van der Waals surface area contributed by atoms with Crippen molar-refractivity contribution >= 4 is 17.5 Å². The Morgan fingerprint density at radius 3 is 2.44 bits per heavy atom. The Hall–Kier alpha value is -1.71. The van der Waals surface area contributed by atoms with Gasteiger partial charge in [0.2, 0.25) is 0 Å². The molecule has 0 spiro atoms. The van der Waals surface area contributed by atoms with E-state index in [-0.39, 0.29) is 38.9 Å². The average Bonchev–Trinajstić information content (AvgIpc) is 3.02. The zero-order chi connectivity index (χ0) is 25.3. The van der Waals surface area contributed by atoms with Gasteiger partial charge in [0.15, 0.2) is 5.78 Å². The predicted octanol–water partition coefficient (Wildman–Crippen LogP) is 6.79. The molecular weight excluding hydrogens is 424 g/mol. The van der Waals surface area contributed by atoms with Crippen LogP contribution in [0.5, 0.6) is 0 Å². The topological polar surface area (TPSA) is 71.4 Å². The normalized spacial score (nSPS) is 42.2. The van der Waals surface area contributed by atoms with Gasteiger partial charge in [-0.05, 0) is 91.4 Å². The third-order valence-corrected chi connectivity index (χ3v) is 11.6. The molecule has 0 radical (unpaired) electrons. The van der Waals surface area contributed by atoms with Crippen LogP contribution in [0, 0.1) is 45.3 Å². The fourth-order valence-corrected chi connectivity index (χ4v) is 9.29. The van der Waals surface area contributed by atoms with Crippen LogP contribution in [0.15, 0.2) is 23.3 Å². The third-order valence-electron chi connectivity index (χ3n) is 11.6. The van der Waals surface area contributed by atoms with Crippen molar-refractivity contribution in [3.63, 3.8) is 0 Å². The van der Waals surface area contributed by atoms with Crippen LogP contribution in [-0.4, -0.2) is 22.6 Å². The molecule has 4 aliphatic carbocycles. The molecule has 0 bridgehead atoms. The molecule has 34 heavy (non-hydrogen) atoms. The van der Waals surface area contributed by atoms with Gasteiger partial charge in [-0.2, -0.15) is 0 Å². The van der Waals surface area contributed by atoms with Crippen LogP contribution in [0.25, 0.3) is 0 Å². The molecule has 0 amide bonds. The van der Waals surface area contributed by atoms with Crippen molar-refractivity contribution in [2.45, 2.75) is 99.8 Å². The number of carboxylic acid groups (broad SMARTS) is 1. The summed E-state index contributed by atoms with van der Waals surface area (Å²) in [5, 5.41) is 9.12. The largest absolute Gasteiger partial charge is 0.478 e. The second-order valence-corrected chi connectivity index (χ2v) is 13.4. The highest BCUT2D eigenvalue weighted by molar-refractivity contribution is 5.98. The number of carbonyl (C=O) groups is 3. The lowest BCUT2D eigenvalue weighted by Crippen LogP contribution is -2.57. The van der Waals surface area contributed by atoms with Crippen LogP contribution in [0.2, 0.25) is 0 Å². The zero-order valence-corrected chi connectivity index (χ0v) is 22.3. The van der Waals surface area contributed by atoms with Crippen LogP contribution < -0.4 is 0 Å². The van der Waals surface area contributed by atoms with Gasteiger partial charge in [-0.25, -0.2) is 4.79 Å². The predicted molar refractivity (Wildman–Crippen MR) is 134 cm³/mol. The van der Waals surface area contributed by atoms with Crippen molar-refractivity contribution in [3.8, 4) is 0 Å². The minimum Gasteiger partial charge on any atom is -0.478 e. The molecule has 1 N–H and O–H groups in total. The summed E-state index contributed by atoms with van der Waals surface area (Å²) in [5.74, 6) is 0.993. The van der Waals surface area contributed by atoms with E-state index in [2.05, 4.69) is 47.6 Å². The van der Waals surface area contributed by atoms with Crippen molar-refractivity contribution in [3.05, 3.63) is 23.3 Å². The van der Waals surface area contributed by atoms with Crippen molar-refractivity contribution in [1.29, 1.82) is 0 Å². The van der Waals surface area contributed by atoms with Crippen LogP contribution in [0.4, 0.5) is 0 Å². The van der Waals surface area contributed by atoms with E-state index in [1.807, 2.05) is 0 Å². The molecule has 4 nitrogen and oxygen atoms in total. The summed E-state index contributed by atoms with van der Waals surface area (Å²) in [5.41, 5.74) is 1.97. The van der Waals surface area contributed by atoms with E-state index in [1.54, 1.807) is 5.57 Å². The summed E-state index contributed by atoms with van der Waals surface area (Å²) < 4.78 is 0. The standard InChI is InChI=1S/C30H44O4/c1-18(16-20(31)17-19(2)26(33)34)21-10-14-30(7)23-8-9-24-27(3,4)25(32)12-13-28(24,5)22(23)11-15-29(21,30)6/h8,17-18,21-22,24H,9-16H2,1-7H3,(H,33,34)/b19-17+/t18-,21-,22-,24+,28+,29-,30+/m0/s1. The maximum Gasteiger partial charge on any atom is 0.331 e. The Morgan fingerprint density at radius 1 is 1.12 bits per heavy atom. The Balaban J connectivity index is 1.61. The van der Waals surface area contributed by atoms with Crippen molar-refractivity contribution < 1.29 is 19.5 Å². The van der Waals surface area contributed by atoms with Crippen LogP contribution in [0.1, 0.15) is 99.8 Å². The first-order valence-corrected chi connectivity index (χ1v) is 13.4. The quantitative estimate of drug-likeness (QED) is 0.356. The summed E-state index contributed by atoms with van der Waals surface area (Å²) in [6.07, 6.45) is 11.6. The zero-order valence-electron chi connectivity index (χ0n) is 22.3. The molecule has 7 atom stereocenters. The van der Waals surface area contributed by atoms with E-state index in [4.69, 9.17) is 5.11 Å². The molecule has 3 fully saturated rings. The van der Waals surface area contributed by atoms with Gasteiger partial charge in [0.05, 0.1) is 0 Å². The molecule has 4 rings (SSSR count). The number of ketones is 2. The molecule has 3 saturated carbocycles. The molecule has 0 aliphatic heterocycles. The van der Waals surface area contributed by atoms with Gasteiger partial charge in [-0.1, -0.05) is 53.2 Å². The Kier molecular flexibility index (Phi) is 6.10. The summed E-state index contributed by atoms with van der Waals surface area (Å²) in [4.78, 5) is 36.5. The highest BCUT2D eigenvalue weighted by Gasteiger charge is 2.65. The Labute approximate surface area is 205 Å². The van der Waals surface area contributed by atoms with E-state index in [0.717, 1.165) is 32.1 Å². The molecule has 4 heteroatoms. The number of allylic oxidation sites excluding steroid dienone is 3. The van der Waals surface area contributed by atoms with E-state index in [0.29, 0.717) is 36.4 Å². The molecule has 4 aliphatic rings. The highest BCUT2D eigenvalue weighted by Crippen LogP contribution is 2.73. The first-order chi connectivity index (χ1) is 15.7. The van der Waals surface area contributed by atoms with E-state index < -0.39 is 5.97 Å². The van der Waals surface area contributed by atoms with Crippen molar-refractivity contribution in [2.75, 3.05) is 0 Å². The molecule has 0 aromatic heterocycles. The SMILES string of the molecule is C/C(=C\C(=O)C[C@H](C)[C@@H]1CC[C@]2(C)C3=CC[C@@H]4C(C)(C)C(=O)CC[C@]4(C)[C@H]3CC[C@@]12C)C(=O)O. The number of fused-ring (bicyclic) bond motifs is 5. The van der Waals surface area contributed by atoms with Crippen LogP contribution in [0.3, 0.4) is 0 Å². The molecule has 0 aromatic carbocycles. The van der Waals surface area contributed by atoms with Crippen molar-refractivity contribution in [2.24, 2.45) is 45.3 Å². The van der Waals surface area contributed by atoms with E-state index in [9.17, 15) is 14.4 Å². The molecule has 188 valence electrons. The summed E-state index contributed by atoms with van der Waals surface area (Å²) in [7, 11) is 0. The second kappa shape index (κ2) is 8.17. The smallest absolute Gasteiger partial charge is 0.331 e. The number of Topliss-reactive ketones (excluding diaryl/α,β-unsaturated/α-hetero) is 1. The second-order valence-electron chi connectivity index (χ2n) is 13.4. The number of carbonyl (C=O) groups excluding carboxylic acids is 2. The molecule has 0 saturated heterocycles. The van der Waals surface area contributed by atoms with Gasteiger partial charge in [0.1, 0.15) is 5.78 Å². The van der Waals surface area contributed by atoms with Gasteiger partial charge in [-0.15, -0.1) is 0 Å². The number of carboxylic acids is 1. The van der Waals surface area contributed by atoms with Gasteiger partial charge >= 0.3 is 5.97 Å². The van der Waals surface area contributed by atoms with Gasteiger partial charge in [0.25, 0.3) is 0 Å². The highest BCUT2D eigenvalue weighted by atomic mass is 16.4. The fourth-order valence-electron chi connectivity index (χ4n) is 9.29. The molecule has 0 aromatic rings. The molecule has 0 heterocycles. The average molecular weight is 469 g/mol. The minimum absolute atomic E-state index is 0.0698. The van der Waals surface area contributed by atoms with E-state index >= 15 is 0 Å². The summed E-state index contributed by atoms with van der Waals surface area (Å²) >= 11 is 0. The lowest BCUT2D eigenvalue weighted by Gasteiger charge is -2.63. The number of aliphatic carboxylic acids is 1. The van der Waals surface area contributed by atoms with Gasteiger partial charge in [0, 0.05) is 23.8 Å². The Bertz CT molecular complexity index is 970. The first-order valence-electron chi connectivity index (χ1n) is 13.4. The maximum absolute atomic E-state index is 12.8. The monoisotopic (exact) mass is 468 g/mol. The Morgan fingerprint density at radius 2 is 1.79 bits per heavy atom. The lowest BCUT2D eigenvalue weighted by atomic mass is 9.41. The first kappa shape index (κ1) is 25.4. The lowest BCUT2D eigenvalue weighted by molar-refractivity contribution is -0.146. The van der Waals surface area contributed by atoms with Crippen molar-refractivity contribution in [1.82, 2.24) is 0 Å². The molecule has 0 unspecified atom stereocenters. The number of hydrogen-bond acceptors (Lipinski definition) is 3. The fraction of sp³-hybridized carbons (Fsp3) is 0.767. The summed E-state index contributed by atoms with van der Waals surface area (Å²) in [6, 6.07) is 0. The minimum atomic E-state index is -1.02. The van der Waals surface area contributed by atoms with Crippen LogP contribution in [-0.2, 0) is 14.4 Å². The number of rotatable bonds is 5. The maximum atomic E-state index is 12.8. The third kappa shape index (κ3) is 3.49. The van der Waals surface area contributed by atoms with Gasteiger partial charge in [-0.3, -0.25) is 9.59 Å². The summed E-state index contributed by atoms with van der Waals surface area (Å²) in [6.45, 7) is 15.5. The van der Waals surface area contributed by atoms with Gasteiger partial charge < -0.3 is 5.11 Å². The molecular formula is C30H44O4. The number of hydrogen-bond donors (Lipinski definition) is 1.